The van der Waals surface area contributed by atoms with Crippen molar-refractivity contribution in [3.05, 3.63) is 45.8 Å². The molecule has 1 heterocycles. The summed E-state index contributed by atoms with van der Waals surface area (Å²) in [5.41, 5.74) is 0.701. The fraction of sp³-hybridized carbons (Fsp3) is 0.182. The largest absolute Gasteiger partial charge is 0.329 e. The van der Waals surface area contributed by atoms with Gasteiger partial charge in [-0.25, -0.2) is 18.5 Å². The smallest absolute Gasteiger partial charge is 0.257 e. The number of hydrogen-bond donors (Lipinski definition) is 1. The molecule has 2 aromatic rings. The molecule has 5 nitrogen and oxygen atoms in total. The van der Waals surface area contributed by atoms with Crippen molar-refractivity contribution in [1.82, 2.24) is 9.55 Å². The van der Waals surface area contributed by atoms with Gasteiger partial charge < -0.3 is 4.57 Å². The van der Waals surface area contributed by atoms with Crippen LogP contribution < -0.4 is 5.14 Å². The van der Waals surface area contributed by atoms with Gasteiger partial charge in [-0.3, -0.25) is 0 Å². The lowest BCUT2D eigenvalue weighted by atomic mass is 10.2. The van der Waals surface area contributed by atoms with E-state index in [0.29, 0.717) is 28.0 Å². The first-order chi connectivity index (χ1) is 8.79. The lowest BCUT2D eigenvalue weighted by Crippen LogP contribution is -2.12. The molecule has 2 N–H and O–H groups in total. The average Bonchev–Trinajstić information content (AvgIpc) is 2.65. The summed E-state index contributed by atoms with van der Waals surface area (Å²) in [6.45, 7) is 2.01. The molecule has 0 spiro atoms. The third kappa shape index (κ3) is 3.09. The van der Waals surface area contributed by atoms with E-state index < -0.39 is 10.0 Å². The van der Waals surface area contributed by atoms with Crippen LogP contribution in [0.1, 0.15) is 11.4 Å². The van der Waals surface area contributed by atoms with Gasteiger partial charge >= 0.3 is 0 Å². The topological polar surface area (TPSA) is 78.0 Å². The molecule has 0 aliphatic heterocycles. The molecule has 8 heteroatoms. The minimum atomic E-state index is -3.81. The van der Waals surface area contributed by atoms with E-state index in [0.717, 1.165) is 0 Å². The Labute approximate surface area is 121 Å². The Morgan fingerprint density at radius 1 is 1.32 bits per heavy atom. The highest BCUT2D eigenvalue weighted by Crippen LogP contribution is 2.25. The van der Waals surface area contributed by atoms with E-state index in [1.54, 1.807) is 29.7 Å². The standard InChI is InChI=1S/C11H11Cl2N3O2S/c1-7-15-11(19(14,17)18)6-16(7)5-8-9(12)3-2-4-10(8)13/h2-4,6H,5H2,1H3,(H2,14,17,18). The van der Waals surface area contributed by atoms with Crippen LogP contribution in [-0.4, -0.2) is 18.0 Å². The first-order valence-corrected chi connectivity index (χ1v) is 7.58. The quantitative estimate of drug-likeness (QED) is 0.941. The number of rotatable bonds is 3. The highest BCUT2D eigenvalue weighted by molar-refractivity contribution is 7.89. The second kappa shape index (κ2) is 5.13. The predicted molar refractivity (Wildman–Crippen MR) is 73.9 cm³/mol. The highest BCUT2D eigenvalue weighted by Gasteiger charge is 2.15. The third-order valence-corrected chi connectivity index (χ3v) is 4.12. The van der Waals surface area contributed by atoms with Crippen molar-refractivity contribution in [2.45, 2.75) is 18.5 Å². The number of halogens is 2. The number of imidazole rings is 1. The van der Waals surface area contributed by atoms with E-state index in [9.17, 15) is 8.42 Å². The van der Waals surface area contributed by atoms with E-state index in [1.165, 1.54) is 6.20 Å². The van der Waals surface area contributed by atoms with Crippen LogP contribution in [0.2, 0.25) is 10.0 Å². The van der Waals surface area contributed by atoms with Gasteiger partial charge in [-0.2, -0.15) is 0 Å². The van der Waals surface area contributed by atoms with Crippen molar-refractivity contribution >= 4 is 33.2 Å². The number of hydrogen-bond acceptors (Lipinski definition) is 3. The third-order valence-electron chi connectivity index (χ3n) is 2.64. The molecule has 0 aliphatic rings. The summed E-state index contributed by atoms with van der Waals surface area (Å²) in [7, 11) is -3.81. The first-order valence-electron chi connectivity index (χ1n) is 5.28. The van der Waals surface area contributed by atoms with Crippen LogP contribution in [0.4, 0.5) is 0 Å². The molecule has 1 aromatic carbocycles. The monoisotopic (exact) mass is 319 g/mol. The maximum atomic E-state index is 11.2. The van der Waals surface area contributed by atoms with Crippen LogP contribution in [0, 0.1) is 6.92 Å². The van der Waals surface area contributed by atoms with Crippen molar-refractivity contribution in [3.63, 3.8) is 0 Å². The van der Waals surface area contributed by atoms with Gasteiger partial charge in [-0.15, -0.1) is 0 Å². The van der Waals surface area contributed by atoms with Crippen LogP contribution >= 0.6 is 23.2 Å². The summed E-state index contributed by atoms with van der Waals surface area (Å²) in [5.74, 6) is 0.514. The van der Waals surface area contributed by atoms with Crippen LogP contribution in [0.15, 0.2) is 29.4 Å². The van der Waals surface area contributed by atoms with Crippen LogP contribution in [0.25, 0.3) is 0 Å². The molecule has 0 aliphatic carbocycles. The molecule has 0 amide bonds. The van der Waals surface area contributed by atoms with Gasteiger partial charge in [0.2, 0.25) is 0 Å². The van der Waals surface area contributed by atoms with E-state index in [4.69, 9.17) is 28.3 Å². The second-order valence-corrected chi connectivity index (χ2v) is 6.32. The maximum Gasteiger partial charge on any atom is 0.257 e. The Morgan fingerprint density at radius 3 is 2.37 bits per heavy atom. The molecule has 0 fully saturated rings. The van der Waals surface area contributed by atoms with E-state index >= 15 is 0 Å². The number of benzene rings is 1. The summed E-state index contributed by atoms with van der Waals surface area (Å²) in [6.07, 6.45) is 1.37. The SMILES string of the molecule is Cc1nc(S(N)(=O)=O)cn1Cc1c(Cl)cccc1Cl. The Morgan fingerprint density at radius 2 is 1.89 bits per heavy atom. The molecule has 0 saturated carbocycles. The number of sulfonamides is 1. The van der Waals surface area contributed by atoms with Gasteiger partial charge in [-0.05, 0) is 19.1 Å². The molecule has 1 aromatic heterocycles. The predicted octanol–water partition coefficient (Wildman–Crippen LogP) is 2.19. The normalized spacial score (nSPS) is 11.8. The molecule has 2 rings (SSSR count). The van der Waals surface area contributed by atoms with Gasteiger partial charge in [0.15, 0.2) is 5.03 Å². The zero-order chi connectivity index (χ0) is 14.2. The Hall–Kier alpha value is -1.08. The lowest BCUT2D eigenvalue weighted by molar-refractivity contribution is 0.594. The fourth-order valence-corrected chi connectivity index (χ4v) is 2.68. The minimum Gasteiger partial charge on any atom is -0.329 e. The molecule has 0 atom stereocenters. The number of nitrogens with two attached hydrogens (primary N) is 1. The van der Waals surface area contributed by atoms with Gasteiger partial charge in [0, 0.05) is 21.8 Å². The molecule has 0 saturated heterocycles. The van der Waals surface area contributed by atoms with Crippen molar-refractivity contribution < 1.29 is 8.42 Å². The summed E-state index contributed by atoms with van der Waals surface area (Å²) in [4.78, 5) is 3.90. The maximum absolute atomic E-state index is 11.2. The summed E-state index contributed by atoms with van der Waals surface area (Å²) < 4.78 is 24.1. The van der Waals surface area contributed by atoms with Gasteiger partial charge in [0.25, 0.3) is 10.0 Å². The second-order valence-electron chi connectivity index (χ2n) is 4.00. The summed E-state index contributed by atoms with van der Waals surface area (Å²) in [5, 5.41) is 5.89. The van der Waals surface area contributed by atoms with Crippen LogP contribution in [-0.2, 0) is 16.6 Å². The molecular weight excluding hydrogens is 309 g/mol. The van der Waals surface area contributed by atoms with Gasteiger partial charge in [0.1, 0.15) is 5.82 Å². The molecule has 19 heavy (non-hydrogen) atoms. The number of aromatic nitrogens is 2. The number of nitrogens with zero attached hydrogens (tertiary/aromatic N) is 2. The van der Waals surface area contributed by atoms with Crippen LogP contribution in [0.5, 0.6) is 0 Å². The van der Waals surface area contributed by atoms with Crippen molar-refractivity contribution in [2.24, 2.45) is 5.14 Å². The van der Waals surface area contributed by atoms with E-state index in [-0.39, 0.29) is 5.03 Å². The average molecular weight is 320 g/mol. The van der Waals surface area contributed by atoms with Crippen molar-refractivity contribution in [1.29, 1.82) is 0 Å². The van der Waals surface area contributed by atoms with Crippen molar-refractivity contribution in [3.8, 4) is 0 Å². The minimum absolute atomic E-state index is 0.173. The van der Waals surface area contributed by atoms with E-state index in [2.05, 4.69) is 4.98 Å². The first kappa shape index (κ1) is 14.3. The molecular formula is C11H11Cl2N3O2S. The molecule has 0 radical (unpaired) electrons. The zero-order valence-electron chi connectivity index (χ0n) is 9.97. The summed E-state index contributed by atoms with van der Waals surface area (Å²) >= 11 is 12.1. The van der Waals surface area contributed by atoms with Crippen LogP contribution in [0.3, 0.4) is 0 Å². The molecule has 0 bridgehead atoms. The number of aryl methyl sites for hydroxylation is 1. The Bertz CT molecular complexity index is 705. The fourth-order valence-electron chi connectivity index (χ4n) is 1.63. The Kier molecular flexibility index (Phi) is 3.87. The highest BCUT2D eigenvalue weighted by atomic mass is 35.5. The summed E-state index contributed by atoms with van der Waals surface area (Å²) in [6, 6.07) is 5.18. The molecule has 0 unspecified atom stereocenters. The number of primary sulfonamides is 1. The Balaban J connectivity index is 2.42. The van der Waals surface area contributed by atoms with Crippen molar-refractivity contribution in [2.75, 3.05) is 0 Å². The van der Waals surface area contributed by atoms with Gasteiger partial charge in [-0.1, -0.05) is 29.3 Å². The lowest BCUT2D eigenvalue weighted by Gasteiger charge is -2.08. The molecule has 102 valence electrons. The zero-order valence-corrected chi connectivity index (χ0v) is 12.3. The van der Waals surface area contributed by atoms with E-state index in [1.807, 2.05) is 0 Å². The van der Waals surface area contributed by atoms with Gasteiger partial charge in [0.05, 0.1) is 6.54 Å².